The quantitative estimate of drug-likeness (QED) is 0.174. The van der Waals surface area contributed by atoms with Crippen LogP contribution >= 0.6 is 23.2 Å². The molecule has 0 fully saturated rings. The summed E-state index contributed by atoms with van der Waals surface area (Å²) in [5.41, 5.74) is 1.71. The molecule has 37 heavy (non-hydrogen) atoms. The van der Waals surface area contributed by atoms with Crippen molar-refractivity contribution >= 4 is 47.9 Å². The molecule has 0 N–H and O–H groups in total. The third-order valence-electron chi connectivity index (χ3n) is 6.51. The molecule has 1 aromatic heterocycles. The van der Waals surface area contributed by atoms with E-state index in [9.17, 15) is 4.79 Å². The van der Waals surface area contributed by atoms with Crippen molar-refractivity contribution < 1.29 is 14.0 Å². The van der Waals surface area contributed by atoms with E-state index in [1.54, 1.807) is 42.0 Å². The zero-order valence-corrected chi connectivity index (χ0v) is 24.0. The molecule has 0 spiro atoms. The molecule has 0 aliphatic carbocycles. The molecule has 192 valence electrons. The van der Waals surface area contributed by atoms with Crippen molar-refractivity contribution in [2.45, 2.75) is 39.3 Å². The predicted molar refractivity (Wildman–Crippen MR) is 154 cm³/mol. The molecule has 0 amide bonds. The minimum Gasteiger partial charge on any atom is -0.461 e. The Kier molecular flexibility index (Phi) is 8.29. The molecule has 0 unspecified atom stereocenters. The van der Waals surface area contributed by atoms with Gasteiger partial charge in [0.05, 0.1) is 23.9 Å². The van der Waals surface area contributed by atoms with Crippen LogP contribution in [0.3, 0.4) is 0 Å². The second-order valence-electron chi connectivity index (χ2n) is 9.79. The van der Waals surface area contributed by atoms with E-state index in [1.807, 2.05) is 12.1 Å². The van der Waals surface area contributed by atoms with Gasteiger partial charge in [-0.25, -0.2) is 4.79 Å². The highest BCUT2D eigenvalue weighted by atomic mass is 35.5. The van der Waals surface area contributed by atoms with E-state index in [0.717, 1.165) is 0 Å². The smallest absolute Gasteiger partial charge is 0.355 e. The van der Waals surface area contributed by atoms with Crippen molar-refractivity contribution in [3.8, 4) is 5.69 Å². The first kappa shape index (κ1) is 27.2. The zero-order chi connectivity index (χ0) is 26.6. The maximum absolute atomic E-state index is 12.5. The second kappa shape index (κ2) is 11.3. The monoisotopic (exact) mass is 551 g/mol. The van der Waals surface area contributed by atoms with Crippen LogP contribution in [0.4, 0.5) is 0 Å². The molecule has 0 aliphatic heterocycles. The number of aromatic nitrogens is 1. The van der Waals surface area contributed by atoms with Crippen LogP contribution in [0.2, 0.25) is 15.1 Å². The summed E-state index contributed by atoms with van der Waals surface area (Å²) < 4.78 is 14.0. The summed E-state index contributed by atoms with van der Waals surface area (Å²) in [6, 6.07) is 27.9. The molecule has 4 rings (SSSR count). The lowest BCUT2D eigenvalue weighted by Gasteiger charge is -2.43. The summed E-state index contributed by atoms with van der Waals surface area (Å²) in [6.45, 7) is 8.96. The molecule has 0 saturated heterocycles. The number of rotatable bonds is 8. The van der Waals surface area contributed by atoms with Crippen LogP contribution in [0.15, 0.2) is 91.1 Å². The zero-order valence-electron chi connectivity index (χ0n) is 21.5. The Balaban J connectivity index is 1.81. The van der Waals surface area contributed by atoms with Gasteiger partial charge in [0.2, 0.25) is 0 Å². The largest absolute Gasteiger partial charge is 0.461 e. The highest BCUT2D eigenvalue weighted by Crippen LogP contribution is 2.39. The number of benzene rings is 3. The van der Waals surface area contributed by atoms with Gasteiger partial charge in [-0.1, -0.05) is 105 Å². The number of hydrogen-bond acceptors (Lipinski definition) is 3. The number of carbonyl (C=O) groups excluding carboxylic acids is 1. The number of carbonyl (C=O) groups is 1. The lowest BCUT2D eigenvalue weighted by molar-refractivity contribution is 0.0517. The van der Waals surface area contributed by atoms with Gasteiger partial charge in [0.15, 0.2) is 0 Å². The van der Waals surface area contributed by atoms with Gasteiger partial charge >= 0.3 is 5.97 Å². The standard InChI is InChI=1S/C30H31Cl2NO3Si/c1-5-35-29(34)27-17-12-20-33(27)26-19-18-25(31)24(28(26)32)21-36-37(30(2,3)4,22-13-8-6-9-14-22)23-15-10-7-11-16-23/h6-20H,5,21H2,1-4H3. The molecule has 7 heteroatoms. The lowest BCUT2D eigenvalue weighted by atomic mass is 10.2. The molecule has 4 nitrogen and oxygen atoms in total. The maximum atomic E-state index is 12.5. The van der Waals surface area contributed by atoms with Gasteiger partial charge < -0.3 is 13.7 Å². The second-order valence-corrected chi connectivity index (χ2v) is 14.9. The summed E-state index contributed by atoms with van der Waals surface area (Å²) in [6.07, 6.45) is 1.79. The van der Waals surface area contributed by atoms with Crippen molar-refractivity contribution in [3.05, 3.63) is 112 Å². The van der Waals surface area contributed by atoms with Gasteiger partial charge in [-0.2, -0.15) is 0 Å². The van der Waals surface area contributed by atoms with Crippen molar-refractivity contribution in [1.82, 2.24) is 4.57 Å². The Hall–Kier alpha value is -2.83. The van der Waals surface area contributed by atoms with E-state index >= 15 is 0 Å². The third kappa shape index (κ3) is 5.27. The molecular weight excluding hydrogens is 521 g/mol. The Morgan fingerprint density at radius 3 is 2.00 bits per heavy atom. The van der Waals surface area contributed by atoms with Crippen LogP contribution in [-0.2, 0) is 15.8 Å². The van der Waals surface area contributed by atoms with Crippen LogP contribution in [-0.4, -0.2) is 25.5 Å². The molecule has 4 aromatic rings. The molecule has 0 bridgehead atoms. The van der Waals surface area contributed by atoms with Crippen molar-refractivity contribution in [2.75, 3.05) is 6.61 Å². The van der Waals surface area contributed by atoms with E-state index < -0.39 is 14.3 Å². The highest BCUT2D eigenvalue weighted by Gasteiger charge is 2.50. The fourth-order valence-electron chi connectivity index (χ4n) is 4.81. The first-order valence-electron chi connectivity index (χ1n) is 12.3. The first-order valence-corrected chi connectivity index (χ1v) is 14.9. The Morgan fingerprint density at radius 2 is 1.46 bits per heavy atom. The summed E-state index contributed by atoms with van der Waals surface area (Å²) in [7, 11) is -2.80. The van der Waals surface area contributed by atoms with Crippen LogP contribution in [0.25, 0.3) is 5.69 Å². The van der Waals surface area contributed by atoms with E-state index in [2.05, 4.69) is 69.3 Å². The van der Waals surface area contributed by atoms with Gasteiger partial charge in [0.25, 0.3) is 8.32 Å². The van der Waals surface area contributed by atoms with Crippen LogP contribution < -0.4 is 10.4 Å². The summed E-state index contributed by atoms with van der Waals surface area (Å²) in [4.78, 5) is 12.5. The fourth-order valence-corrected chi connectivity index (χ4v) is 9.90. The van der Waals surface area contributed by atoms with E-state index in [0.29, 0.717) is 27.0 Å². The Morgan fingerprint density at radius 1 is 0.865 bits per heavy atom. The van der Waals surface area contributed by atoms with Gasteiger partial charge in [-0.3, -0.25) is 0 Å². The predicted octanol–water partition coefficient (Wildman–Crippen LogP) is 7.04. The van der Waals surface area contributed by atoms with Crippen LogP contribution in [0, 0.1) is 0 Å². The summed E-state index contributed by atoms with van der Waals surface area (Å²) in [5, 5.41) is 3.10. The van der Waals surface area contributed by atoms with Crippen molar-refractivity contribution in [3.63, 3.8) is 0 Å². The number of nitrogens with zero attached hydrogens (tertiary/aromatic N) is 1. The average molecular weight is 553 g/mol. The SMILES string of the molecule is CCOC(=O)c1cccn1-c1ccc(Cl)c(CO[Si](c2ccccc2)(c2ccccc2)C(C)(C)C)c1Cl. The molecule has 3 aromatic carbocycles. The molecule has 0 saturated carbocycles. The topological polar surface area (TPSA) is 40.5 Å². The molecule has 0 aliphatic rings. The minimum atomic E-state index is -2.80. The maximum Gasteiger partial charge on any atom is 0.355 e. The molecule has 0 atom stereocenters. The lowest BCUT2D eigenvalue weighted by Crippen LogP contribution is -2.66. The van der Waals surface area contributed by atoms with E-state index in [1.165, 1.54) is 10.4 Å². The van der Waals surface area contributed by atoms with E-state index in [-0.39, 0.29) is 18.3 Å². The normalized spacial score (nSPS) is 11.9. The minimum absolute atomic E-state index is 0.191. The van der Waals surface area contributed by atoms with E-state index in [4.69, 9.17) is 32.4 Å². The number of ether oxygens (including phenoxy) is 1. The number of halogens is 2. The van der Waals surface area contributed by atoms with Crippen molar-refractivity contribution in [2.24, 2.45) is 0 Å². The van der Waals surface area contributed by atoms with Gasteiger partial charge in [0.1, 0.15) is 5.69 Å². The Labute approximate surface area is 229 Å². The number of esters is 1. The van der Waals surface area contributed by atoms with Crippen LogP contribution in [0.1, 0.15) is 43.7 Å². The highest BCUT2D eigenvalue weighted by molar-refractivity contribution is 6.99. The first-order chi connectivity index (χ1) is 17.7. The van der Waals surface area contributed by atoms with Crippen LogP contribution in [0.5, 0.6) is 0 Å². The third-order valence-corrected chi connectivity index (χ3v) is 12.3. The molecule has 1 heterocycles. The Bertz CT molecular complexity index is 1330. The van der Waals surface area contributed by atoms with Gasteiger partial charge in [-0.15, -0.1) is 0 Å². The summed E-state index contributed by atoms with van der Waals surface area (Å²) >= 11 is 13.7. The number of hydrogen-bond donors (Lipinski definition) is 0. The molecular formula is C30H31Cl2NO3Si. The summed E-state index contributed by atoms with van der Waals surface area (Å²) in [5.74, 6) is -0.413. The van der Waals surface area contributed by atoms with Gasteiger partial charge in [-0.05, 0) is 46.6 Å². The van der Waals surface area contributed by atoms with Crippen molar-refractivity contribution in [1.29, 1.82) is 0 Å². The average Bonchev–Trinajstić information content (AvgIpc) is 3.36. The molecule has 0 radical (unpaired) electrons. The fraction of sp³-hybridized carbons (Fsp3) is 0.233. The van der Waals surface area contributed by atoms with Gasteiger partial charge in [0, 0.05) is 16.8 Å².